The molecule has 51 heavy (non-hydrogen) atoms. The first-order chi connectivity index (χ1) is 25.3. The van der Waals surface area contributed by atoms with Crippen molar-refractivity contribution in [3.8, 4) is 56.5 Å². The van der Waals surface area contributed by atoms with E-state index in [9.17, 15) is 0 Å². The molecule has 4 nitrogen and oxygen atoms in total. The SMILES string of the molecule is c1ccc(-c2cc(-c3ccccc3)nc(-c3ccc4oc5ccc6c(c5c4c3)-c3ccccc3C63c4ccccc4Oc4ccccc43)n2)cc1. The summed E-state index contributed by atoms with van der Waals surface area (Å²) in [6.07, 6.45) is 0. The topological polar surface area (TPSA) is 48.2 Å². The van der Waals surface area contributed by atoms with E-state index < -0.39 is 5.41 Å². The number of benzene rings is 7. The summed E-state index contributed by atoms with van der Waals surface area (Å²) in [5.74, 6) is 2.43. The summed E-state index contributed by atoms with van der Waals surface area (Å²) >= 11 is 0. The van der Waals surface area contributed by atoms with E-state index in [1.165, 1.54) is 22.3 Å². The van der Waals surface area contributed by atoms with Gasteiger partial charge in [0.2, 0.25) is 0 Å². The highest BCUT2D eigenvalue weighted by Gasteiger charge is 2.51. The van der Waals surface area contributed by atoms with E-state index in [-0.39, 0.29) is 0 Å². The van der Waals surface area contributed by atoms with E-state index in [1.54, 1.807) is 0 Å². The van der Waals surface area contributed by atoms with Crippen LogP contribution in [0.25, 0.3) is 67.0 Å². The maximum Gasteiger partial charge on any atom is 0.160 e. The fraction of sp³-hybridized carbons (Fsp3) is 0.0213. The molecule has 2 aliphatic rings. The molecule has 238 valence electrons. The van der Waals surface area contributed by atoms with Crippen molar-refractivity contribution >= 4 is 21.9 Å². The zero-order valence-electron chi connectivity index (χ0n) is 27.4. The first kappa shape index (κ1) is 28.1. The third-order valence-corrected chi connectivity index (χ3v) is 10.6. The number of hydrogen-bond donors (Lipinski definition) is 0. The lowest BCUT2D eigenvalue weighted by atomic mass is 9.66. The third-order valence-electron chi connectivity index (χ3n) is 10.6. The fourth-order valence-electron chi connectivity index (χ4n) is 8.44. The third kappa shape index (κ3) is 3.96. The average molecular weight is 653 g/mol. The van der Waals surface area contributed by atoms with Crippen LogP contribution in [0.1, 0.15) is 22.3 Å². The van der Waals surface area contributed by atoms with Crippen molar-refractivity contribution in [3.05, 3.63) is 192 Å². The van der Waals surface area contributed by atoms with Crippen LogP contribution in [0.15, 0.2) is 174 Å². The second kappa shape index (κ2) is 10.6. The Hall–Kier alpha value is -6.78. The molecule has 0 amide bonds. The van der Waals surface area contributed by atoms with Crippen molar-refractivity contribution in [1.29, 1.82) is 0 Å². The largest absolute Gasteiger partial charge is 0.457 e. The second-order valence-electron chi connectivity index (χ2n) is 13.3. The summed E-state index contributed by atoms with van der Waals surface area (Å²) in [6.45, 7) is 0. The molecule has 3 heterocycles. The minimum atomic E-state index is -0.551. The quantitative estimate of drug-likeness (QED) is 0.191. The molecule has 4 heteroatoms. The van der Waals surface area contributed by atoms with E-state index in [2.05, 4.69) is 133 Å². The molecule has 7 aromatic carbocycles. The number of fused-ring (bicyclic) bond motifs is 13. The summed E-state index contributed by atoms with van der Waals surface area (Å²) < 4.78 is 13.2. The van der Waals surface area contributed by atoms with Gasteiger partial charge in [0.15, 0.2) is 5.82 Å². The van der Waals surface area contributed by atoms with Crippen LogP contribution in [-0.2, 0) is 5.41 Å². The molecule has 0 atom stereocenters. The predicted octanol–water partition coefficient (Wildman–Crippen LogP) is 11.8. The molecular weight excluding hydrogens is 625 g/mol. The van der Waals surface area contributed by atoms with Gasteiger partial charge < -0.3 is 9.15 Å². The smallest absolute Gasteiger partial charge is 0.160 e. The number of furan rings is 1. The van der Waals surface area contributed by atoms with Gasteiger partial charge in [0.25, 0.3) is 0 Å². The van der Waals surface area contributed by atoms with Crippen LogP contribution in [0.3, 0.4) is 0 Å². The van der Waals surface area contributed by atoms with Gasteiger partial charge in [-0.3, -0.25) is 0 Å². The standard InChI is InChI=1S/C47H28N2O2/c1-3-13-29(14-4-1)38-28-39(30-15-5-2-6-16-30)49-46(48-38)31-23-25-40-33(27-31)45-43(50-40)26-24-37-44(45)32-17-7-8-18-34(32)47(37)35-19-9-11-21-41(35)51-42-22-12-10-20-36(42)47/h1-28H. The molecule has 0 bridgehead atoms. The number of ether oxygens (including phenoxy) is 1. The zero-order chi connectivity index (χ0) is 33.5. The minimum absolute atomic E-state index is 0.551. The van der Waals surface area contributed by atoms with Crippen molar-refractivity contribution in [1.82, 2.24) is 9.97 Å². The Kier molecular flexibility index (Phi) is 5.84. The lowest BCUT2D eigenvalue weighted by Crippen LogP contribution is -2.32. The lowest BCUT2D eigenvalue weighted by Gasteiger charge is -2.39. The first-order valence-corrected chi connectivity index (χ1v) is 17.2. The van der Waals surface area contributed by atoms with Crippen LogP contribution in [0.5, 0.6) is 11.5 Å². The molecule has 9 aromatic rings. The molecule has 0 N–H and O–H groups in total. The highest BCUT2D eigenvalue weighted by Crippen LogP contribution is 2.63. The molecule has 0 saturated heterocycles. The van der Waals surface area contributed by atoms with E-state index in [0.29, 0.717) is 5.82 Å². The van der Waals surface area contributed by atoms with Crippen molar-refractivity contribution in [3.63, 3.8) is 0 Å². The van der Waals surface area contributed by atoms with Gasteiger partial charge >= 0.3 is 0 Å². The number of hydrogen-bond acceptors (Lipinski definition) is 4. The van der Waals surface area contributed by atoms with Gasteiger partial charge in [0.1, 0.15) is 22.7 Å². The van der Waals surface area contributed by atoms with E-state index >= 15 is 0 Å². The highest BCUT2D eigenvalue weighted by atomic mass is 16.5. The molecule has 2 aromatic heterocycles. The number of aromatic nitrogens is 2. The number of nitrogens with zero attached hydrogens (tertiary/aromatic N) is 2. The van der Waals surface area contributed by atoms with Crippen LogP contribution in [0, 0.1) is 0 Å². The summed E-state index contributed by atoms with van der Waals surface area (Å²) in [5, 5.41) is 2.13. The maximum atomic E-state index is 6.62. The molecule has 0 radical (unpaired) electrons. The molecule has 0 unspecified atom stereocenters. The minimum Gasteiger partial charge on any atom is -0.457 e. The molecule has 1 aliphatic heterocycles. The van der Waals surface area contributed by atoms with Gasteiger partial charge in [0.05, 0.1) is 16.8 Å². The fourth-order valence-corrected chi connectivity index (χ4v) is 8.44. The Morgan fingerprint density at radius 1 is 0.431 bits per heavy atom. The number of rotatable bonds is 3. The van der Waals surface area contributed by atoms with Gasteiger partial charge in [-0.25, -0.2) is 9.97 Å². The van der Waals surface area contributed by atoms with Crippen LogP contribution in [-0.4, -0.2) is 9.97 Å². The van der Waals surface area contributed by atoms with Crippen molar-refractivity contribution < 1.29 is 9.15 Å². The second-order valence-corrected chi connectivity index (χ2v) is 13.3. The lowest BCUT2D eigenvalue weighted by molar-refractivity contribution is 0.436. The van der Waals surface area contributed by atoms with Crippen LogP contribution in [0.2, 0.25) is 0 Å². The predicted molar refractivity (Wildman–Crippen MR) is 203 cm³/mol. The molecule has 1 aliphatic carbocycles. The first-order valence-electron chi connectivity index (χ1n) is 17.2. The van der Waals surface area contributed by atoms with Crippen molar-refractivity contribution in [2.24, 2.45) is 0 Å². The van der Waals surface area contributed by atoms with E-state index in [1.807, 2.05) is 36.4 Å². The van der Waals surface area contributed by atoms with Gasteiger partial charge in [-0.2, -0.15) is 0 Å². The Bertz CT molecular complexity index is 2730. The van der Waals surface area contributed by atoms with Gasteiger partial charge in [-0.1, -0.05) is 127 Å². The average Bonchev–Trinajstić information content (AvgIpc) is 3.72. The summed E-state index contributed by atoms with van der Waals surface area (Å²) in [5.41, 5.74) is 13.1. The summed E-state index contributed by atoms with van der Waals surface area (Å²) in [4.78, 5) is 10.3. The Labute approximate surface area is 294 Å². The Morgan fingerprint density at radius 2 is 1.00 bits per heavy atom. The summed E-state index contributed by atoms with van der Waals surface area (Å²) in [6, 6.07) is 59.2. The molecular formula is C47H28N2O2. The van der Waals surface area contributed by atoms with Gasteiger partial charge in [-0.15, -0.1) is 0 Å². The van der Waals surface area contributed by atoms with Gasteiger partial charge in [0, 0.05) is 38.6 Å². The summed E-state index contributed by atoms with van der Waals surface area (Å²) in [7, 11) is 0. The van der Waals surface area contributed by atoms with Crippen LogP contribution < -0.4 is 4.74 Å². The molecule has 0 fully saturated rings. The maximum absolute atomic E-state index is 6.62. The number of para-hydroxylation sites is 2. The normalized spacial score (nSPS) is 13.4. The monoisotopic (exact) mass is 652 g/mol. The zero-order valence-corrected chi connectivity index (χ0v) is 27.4. The highest BCUT2D eigenvalue weighted by molar-refractivity contribution is 6.16. The van der Waals surface area contributed by atoms with Crippen molar-refractivity contribution in [2.45, 2.75) is 5.41 Å². The Morgan fingerprint density at radius 3 is 1.67 bits per heavy atom. The van der Waals surface area contributed by atoms with E-state index in [0.717, 1.165) is 72.6 Å². The molecule has 1 spiro atoms. The molecule has 11 rings (SSSR count). The van der Waals surface area contributed by atoms with Crippen LogP contribution >= 0.6 is 0 Å². The molecule has 0 saturated carbocycles. The van der Waals surface area contributed by atoms with Gasteiger partial charge in [-0.05, 0) is 64.7 Å². The Balaban J connectivity index is 1.19. The van der Waals surface area contributed by atoms with Crippen molar-refractivity contribution in [2.75, 3.05) is 0 Å². The van der Waals surface area contributed by atoms with E-state index in [4.69, 9.17) is 19.1 Å². The van der Waals surface area contributed by atoms with Crippen LogP contribution in [0.4, 0.5) is 0 Å².